The minimum atomic E-state index is -1.10. The van der Waals surface area contributed by atoms with Crippen LogP contribution in [0.5, 0.6) is 0 Å². The normalized spacial score (nSPS) is 13.4. The summed E-state index contributed by atoms with van der Waals surface area (Å²) in [6.07, 6.45) is -0.741. The molecule has 0 aliphatic heterocycles. The molecule has 0 saturated carbocycles. The van der Waals surface area contributed by atoms with Crippen molar-refractivity contribution in [1.29, 1.82) is 0 Å². The van der Waals surface area contributed by atoms with Gasteiger partial charge in [0, 0.05) is 5.92 Å². The Morgan fingerprint density at radius 1 is 0.667 bits per heavy atom. The van der Waals surface area contributed by atoms with E-state index in [0.717, 1.165) is 22.3 Å². The number of amides is 2. The lowest BCUT2D eigenvalue weighted by Crippen LogP contribution is -2.44. The second-order valence-electron chi connectivity index (χ2n) is 9.19. The minimum Gasteiger partial charge on any atom is -0.467 e. The van der Waals surface area contributed by atoms with Crippen molar-refractivity contribution in [2.75, 3.05) is 13.7 Å². The van der Waals surface area contributed by atoms with E-state index in [1.165, 1.54) is 7.11 Å². The van der Waals surface area contributed by atoms with E-state index in [0.29, 0.717) is 11.1 Å². The highest BCUT2D eigenvalue weighted by Gasteiger charge is 2.32. The highest BCUT2D eigenvalue weighted by molar-refractivity contribution is 5.91. The lowest BCUT2D eigenvalue weighted by Gasteiger charge is -2.23. The molecular formula is C32H28N2O5. The second-order valence-corrected chi connectivity index (χ2v) is 9.19. The zero-order chi connectivity index (χ0) is 27.2. The van der Waals surface area contributed by atoms with Crippen LogP contribution < -0.4 is 10.6 Å². The molecule has 2 amide bonds. The summed E-state index contributed by atoms with van der Waals surface area (Å²) in [6.45, 7) is 0.109. The van der Waals surface area contributed by atoms with Crippen LogP contribution in [-0.2, 0) is 19.1 Å². The van der Waals surface area contributed by atoms with Crippen LogP contribution in [0.1, 0.15) is 40.3 Å². The minimum absolute atomic E-state index is 0.109. The molecule has 2 unspecified atom stereocenters. The number of methoxy groups -OCH3 is 1. The molecule has 0 heterocycles. The average molecular weight is 521 g/mol. The highest BCUT2D eigenvalue weighted by atomic mass is 16.5. The van der Waals surface area contributed by atoms with Crippen molar-refractivity contribution in [3.63, 3.8) is 0 Å². The maximum atomic E-state index is 13.5. The molecule has 196 valence electrons. The lowest BCUT2D eigenvalue weighted by atomic mass is 9.98. The smallest absolute Gasteiger partial charge is 0.408 e. The number of ether oxygens (including phenoxy) is 2. The maximum Gasteiger partial charge on any atom is 0.408 e. The molecule has 0 fully saturated rings. The van der Waals surface area contributed by atoms with Crippen molar-refractivity contribution in [1.82, 2.24) is 10.6 Å². The third kappa shape index (κ3) is 5.52. The van der Waals surface area contributed by atoms with Gasteiger partial charge >= 0.3 is 12.1 Å². The Labute approximate surface area is 226 Å². The molecule has 2 N–H and O–H groups in total. The first-order chi connectivity index (χ1) is 19.1. The third-order valence-electron chi connectivity index (χ3n) is 6.86. The van der Waals surface area contributed by atoms with Crippen molar-refractivity contribution >= 4 is 18.0 Å². The fourth-order valence-electron chi connectivity index (χ4n) is 4.97. The number of carbonyl (C=O) groups is 3. The number of nitrogens with one attached hydrogen (secondary N) is 2. The van der Waals surface area contributed by atoms with Crippen LogP contribution in [-0.4, -0.2) is 31.7 Å². The summed E-state index contributed by atoms with van der Waals surface area (Å²) in [5.74, 6) is -1.31. The Morgan fingerprint density at radius 3 is 1.69 bits per heavy atom. The van der Waals surface area contributed by atoms with Gasteiger partial charge in [0.1, 0.15) is 12.6 Å². The molecule has 4 aromatic rings. The van der Waals surface area contributed by atoms with Gasteiger partial charge in [-0.3, -0.25) is 4.79 Å². The molecule has 1 aliphatic carbocycles. The number of benzene rings is 4. The van der Waals surface area contributed by atoms with E-state index in [1.807, 2.05) is 48.5 Å². The molecule has 0 spiro atoms. The van der Waals surface area contributed by atoms with Gasteiger partial charge in [0.15, 0.2) is 6.04 Å². The molecule has 2 atom stereocenters. The van der Waals surface area contributed by atoms with Gasteiger partial charge < -0.3 is 20.1 Å². The summed E-state index contributed by atoms with van der Waals surface area (Å²) in [4.78, 5) is 39.1. The predicted molar refractivity (Wildman–Crippen MR) is 147 cm³/mol. The van der Waals surface area contributed by atoms with E-state index in [1.54, 1.807) is 48.5 Å². The Morgan fingerprint density at radius 2 is 1.15 bits per heavy atom. The predicted octanol–water partition coefficient (Wildman–Crippen LogP) is 5.30. The van der Waals surface area contributed by atoms with Gasteiger partial charge in [0.2, 0.25) is 5.91 Å². The molecule has 0 saturated heterocycles. The molecule has 4 aromatic carbocycles. The van der Waals surface area contributed by atoms with E-state index in [-0.39, 0.29) is 12.5 Å². The van der Waals surface area contributed by atoms with Gasteiger partial charge in [0.05, 0.1) is 7.11 Å². The lowest BCUT2D eigenvalue weighted by molar-refractivity contribution is -0.145. The van der Waals surface area contributed by atoms with Crippen LogP contribution in [0.25, 0.3) is 11.1 Å². The summed E-state index contributed by atoms with van der Waals surface area (Å²) >= 11 is 0. The maximum absolute atomic E-state index is 13.5. The van der Waals surface area contributed by atoms with Gasteiger partial charge in [-0.2, -0.15) is 0 Å². The molecule has 7 heteroatoms. The first-order valence-corrected chi connectivity index (χ1v) is 12.7. The number of hydrogen-bond acceptors (Lipinski definition) is 5. The van der Waals surface area contributed by atoms with Crippen LogP contribution >= 0.6 is 0 Å². The molecule has 0 radical (unpaired) electrons. The summed E-state index contributed by atoms with van der Waals surface area (Å²) in [7, 11) is 1.26. The zero-order valence-electron chi connectivity index (χ0n) is 21.4. The monoisotopic (exact) mass is 520 g/mol. The number of esters is 1. The molecule has 0 bridgehead atoms. The van der Waals surface area contributed by atoms with Crippen LogP contribution in [0.3, 0.4) is 0 Å². The Bertz CT molecular complexity index is 1430. The van der Waals surface area contributed by atoms with Crippen LogP contribution in [0.2, 0.25) is 0 Å². The summed E-state index contributed by atoms with van der Waals surface area (Å²) in [5.41, 5.74) is 5.53. The third-order valence-corrected chi connectivity index (χ3v) is 6.86. The van der Waals surface area contributed by atoms with Crippen LogP contribution in [0.15, 0.2) is 109 Å². The van der Waals surface area contributed by atoms with E-state index in [4.69, 9.17) is 9.47 Å². The van der Waals surface area contributed by atoms with Crippen molar-refractivity contribution in [2.24, 2.45) is 0 Å². The average Bonchev–Trinajstić information content (AvgIpc) is 3.31. The molecule has 5 rings (SSSR count). The van der Waals surface area contributed by atoms with Crippen molar-refractivity contribution in [3.8, 4) is 11.1 Å². The van der Waals surface area contributed by atoms with Crippen molar-refractivity contribution < 1.29 is 23.9 Å². The number of rotatable bonds is 8. The highest BCUT2D eigenvalue weighted by Crippen LogP contribution is 2.44. The summed E-state index contributed by atoms with van der Waals surface area (Å²) < 4.78 is 10.6. The largest absolute Gasteiger partial charge is 0.467 e. The van der Waals surface area contributed by atoms with Crippen molar-refractivity contribution in [2.45, 2.75) is 18.0 Å². The Hall–Kier alpha value is -4.91. The molecule has 1 aliphatic rings. The zero-order valence-corrected chi connectivity index (χ0v) is 21.4. The van der Waals surface area contributed by atoms with E-state index in [2.05, 4.69) is 22.8 Å². The Kier molecular flexibility index (Phi) is 7.68. The first kappa shape index (κ1) is 25.7. The SMILES string of the molecule is COC(=O)C(NC(=O)C(NC(=O)OCC1c2ccccc2-c2ccccc21)c1ccccc1)c1ccccc1. The Balaban J connectivity index is 1.33. The van der Waals surface area contributed by atoms with E-state index < -0.39 is 30.1 Å². The molecule has 39 heavy (non-hydrogen) atoms. The standard InChI is InChI=1S/C32H28N2O5/c1-38-31(36)29(22-14-6-3-7-15-22)33-30(35)28(21-12-4-2-5-13-21)34-32(37)39-20-27-25-18-10-8-16-23(25)24-17-9-11-19-26(24)27/h2-19,27-29H,20H2,1H3,(H,33,35)(H,34,37). The van der Waals surface area contributed by atoms with Gasteiger partial charge in [-0.15, -0.1) is 0 Å². The van der Waals surface area contributed by atoms with E-state index in [9.17, 15) is 14.4 Å². The van der Waals surface area contributed by atoms with Crippen LogP contribution in [0.4, 0.5) is 4.79 Å². The van der Waals surface area contributed by atoms with Gasteiger partial charge in [-0.05, 0) is 33.4 Å². The quantitative estimate of drug-likeness (QED) is 0.308. The summed E-state index contributed by atoms with van der Waals surface area (Å²) in [5, 5.41) is 5.42. The number of hydrogen-bond donors (Lipinski definition) is 2. The fraction of sp³-hybridized carbons (Fsp3) is 0.156. The van der Waals surface area contributed by atoms with Crippen LogP contribution in [0, 0.1) is 0 Å². The molecule has 0 aromatic heterocycles. The van der Waals surface area contributed by atoms with Gasteiger partial charge in [-0.1, -0.05) is 109 Å². The first-order valence-electron chi connectivity index (χ1n) is 12.7. The van der Waals surface area contributed by atoms with Crippen molar-refractivity contribution in [3.05, 3.63) is 131 Å². The fourth-order valence-corrected chi connectivity index (χ4v) is 4.97. The summed E-state index contributed by atoms with van der Waals surface area (Å²) in [6, 6.07) is 31.6. The van der Waals surface area contributed by atoms with Gasteiger partial charge in [0.25, 0.3) is 0 Å². The molecule has 7 nitrogen and oxygen atoms in total. The number of carbonyl (C=O) groups excluding carboxylic acids is 3. The molecular weight excluding hydrogens is 492 g/mol. The van der Waals surface area contributed by atoms with E-state index >= 15 is 0 Å². The van der Waals surface area contributed by atoms with Gasteiger partial charge in [-0.25, -0.2) is 9.59 Å². The second kappa shape index (κ2) is 11.6. The topological polar surface area (TPSA) is 93.7 Å². The number of fused-ring (bicyclic) bond motifs is 3. The number of alkyl carbamates (subject to hydrolysis) is 1.